The fourth-order valence-electron chi connectivity index (χ4n) is 3.01. The smallest absolute Gasteiger partial charge is 0.310 e. The first-order chi connectivity index (χ1) is 12.0. The number of carbonyl (C=O) groups excluding carboxylic acids is 2. The number of hydrogen-bond acceptors (Lipinski definition) is 3. The van der Waals surface area contributed by atoms with Crippen LogP contribution < -0.4 is 5.32 Å². The normalized spacial score (nSPS) is 12.6. The summed E-state index contributed by atoms with van der Waals surface area (Å²) in [5.41, 5.74) is 5.12. The average molecular weight is 358 g/mol. The van der Waals surface area contributed by atoms with Crippen molar-refractivity contribution in [1.82, 2.24) is 0 Å². The summed E-state index contributed by atoms with van der Waals surface area (Å²) in [6.45, 7) is 1.56. The Morgan fingerprint density at radius 3 is 2.76 bits per heavy atom. The Hall–Kier alpha value is -2.33. The molecule has 2 aromatic carbocycles. The highest BCUT2D eigenvalue weighted by molar-refractivity contribution is 6.31. The summed E-state index contributed by atoms with van der Waals surface area (Å²) in [6, 6.07) is 11.3. The molecule has 1 N–H and O–H groups in total. The molecular weight excluding hydrogens is 338 g/mol. The number of esters is 1. The Labute approximate surface area is 152 Å². The topological polar surface area (TPSA) is 55.4 Å². The molecule has 0 saturated carbocycles. The molecule has 4 nitrogen and oxygen atoms in total. The molecule has 0 saturated heterocycles. The summed E-state index contributed by atoms with van der Waals surface area (Å²) in [5, 5.41) is 3.24. The van der Waals surface area contributed by atoms with Crippen molar-refractivity contribution in [3.05, 3.63) is 63.7 Å². The van der Waals surface area contributed by atoms with E-state index in [2.05, 4.69) is 17.4 Å². The SMILES string of the molecule is Cc1ccc(Cl)cc1NC(=O)COC(=O)Cc1ccc2c(c1)CCC2. The number of anilines is 1. The van der Waals surface area contributed by atoms with Crippen molar-refractivity contribution in [1.29, 1.82) is 0 Å². The van der Waals surface area contributed by atoms with Gasteiger partial charge in [-0.1, -0.05) is 35.9 Å². The Balaban J connectivity index is 1.50. The maximum absolute atomic E-state index is 12.0. The molecule has 5 heteroatoms. The van der Waals surface area contributed by atoms with Crippen LogP contribution in [0.3, 0.4) is 0 Å². The number of nitrogens with one attached hydrogen (secondary N) is 1. The highest BCUT2D eigenvalue weighted by atomic mass is 35.5. The standard InChI is InChI=1S/C20H20ClNO3/c1-13-5-8-17(21)11-18(13)22-19(23)12-25-20(24)10-14-6-7-15-3-2-4-16(15)9-14/h5-9,11H,2-4,10,12H2,1H3,(H,22,23). The van der Waals surface area contributed by atoms with Crippen LogP contribution in [0, 0.1) is 6.92 Å². The number of rotatable bonds is 5. The van der Waals surface area contributed by atoms with Crippen molar-refractivity contribution in [3.63, 3.8) is 0 Å². The Morgan fingerprint density at radius 1 is 1.12 bits per heavy atom. The third-order valence-corrected chi connectivity index (χ3v) is 4.58. The zero-order chi connectivity index (χ0) is 17.8. The van der Waals surface area contributed by atoms with Gasteiger partial charge in [0.2, 0.25) is 0 Å². The molecule has 0 fully saturated rings. The molecule has 0 aliphatic heterocycles. The lowest BCUT2D eigenvalue weighted by molar-refractivity contribution is -0.146. The molecule has 1 aliphatic carbocycles. The molecule has 2 aromatic rings. The number of hydrogen-bond donors (Lipinski definition) is 1. The third kappa shape index (κ3) is 4.60. The van der Waals surface area contributed by atoms with E-state index in [4.69, 9.17) is 16.3 Å². The average Bonchev–Trinajstić information content (AvgIpc) is 3.04. The molecule has 0 aromatic heterocycles. The second-order valence-corrected chi connectivity index (χ2v) is 6.74. The first-order valence-electron chi connectivity index (χ1n) is 8.33. The van der Waals surface area contributed by atoms with Crippen molar-refractivity contribution in [3.8, 4) is 0 Å². The van der Waals surface area contributed by atoms with Gasteiger partial charge in [-0.2, -0.15) is 0 Å². The summed E-state index contributed by atoms with van der Waals surface area (Å²) in [4.78, 5) is 23.9. The van der Waals surface area contributed by atoms with E-state index in [0.717, 1.165) is 24.0 Å². The second-order valence-electron chi connectivity index (χ2n) is 6.30. The number of benzene rings is 2. The number of carbonyl (C=O) groups is 2. The number of amides is 1. The molecule has 25 heavy (non-hydrogen) atoms. The van der Waals surface area contributed by atoms with Gasteiger partial charge < -0.3 is 10.1 Å². The van der Waals surface area contributed by atoms with Crippen LogP contribution in [-0.2, 0) is 33.6 Å². The van der Waals surface area contributed by atoms with Gasteiger partial charge in [0.15, 0.2) is 6.61 Å². The highest BCUT2D eigenvalue weighted by Crippen LogP contribution is 2.23. The molecule has 0 spiro atoms. The molecule has 0 heterocycles. The van der Waals surface area contributed by atoms with Gasteiger partial charge in [0, 0.05) is 10.7 Å². The molecule has 1 amide bonds. The van der Waals surface area contributed by atoms with Crippen LogP contribution in [0.2, 0.25) is 5.02 Å². The van der Waals surface area contributed by atoms with E-state index >= 15 is 0 Å². The molecule has 130 valence electrons. The van der Waals surface area contributed by atoms with Gasteiger partial charge in [0.1, 0.15) is 0 Å². The molecule has 0 bridgehead atoms. The van der Waals surface area contributed by atoms with Crippen molar-refractivity contribution >= 4 is 29.2 Å². The van der Waals surface area contributed by atoms with Gasteiger partial charge in [-0.3, -0.25) is 9.59 Å². The van der Waals surface area contributed by atoms with E-state index in [1.165, 1.54) is 17.5 Å². The van der Waals surface area contributed by atoms with Crippen LogP contribution in [0.5, 0.6) is 0 Å². The maximum atomic E-state index is 12.0. The van der Waals surface area contributed by atoms with Crippen LogP contribution in [0.1, 0.15) is 28.7 Å². The summed E-state index contributed by atoms with van der Waals surface area (Å²) in [6.07, 6.45) is 3.53. The lowest BCUT2D eigenvalue weighted by Crippen LogP contribution is -2.22. The zero-order valence-corrected chi connectivity index (χ0v) is 14.9. The highest BCUT2D eigenvalue weighted by Gasteiger charge is 2.14. The van der Waals surface area contributed by atoms with E-state index in [1.807, 2.05) is 19.1 Å². The molecular formula is C20H20ClNO3. The van der Waals surface area contributed by atoms with Crippen LogP contribution in [0.4, 0.5) is 5.69 Å². The number of halogens is 1. The predicted molar refractivity (Wildman–Crippen MR) is 97.9 cm³/mol. The minimum Gasteiger partial charge on any atom is -0.455 e. The molecule has 1 aliphatic rings. The Bertz CT molecular complexity index is 817. The number of ether oxygens (including phenoxy) is 1. The molecule has 0 atom stereocenters. The maximum Gasteiger partial charge on any atom is 0.310 e. The van der Waals surface area contributed by atoms with Crippen molar-refractivity contribution < 1.29 is 14.3 Å². The van der Waals surface area contributed by atoms with E-state index in [9.17, 15) is 9.59 Å². The Kier molecular flexibility index (Phi) is 5.39. The predicted octanol–water partition coefficient (Wildman–Crippen LogP) is 3.86. The summed E-state index contributed by atoms with van der Waals surface area (Å²) in [5.74, 6) is -0.788. The van der Waals surface area contributed by atoms with Gasteiger partial charge in [0.05, 0.1) is 6.42 Å². The van der Waals surface area contributed by atoms with E-state index in [-0.39, 0.29) is 18.9 Å². The van der Waals surface area contributed by atoms with Crippen molar-refractivity contribution in [2.45, 2.75) is 32.6 Å². The van der Waals surface area contributed by atoms with Crippen molar-refractivity contribution in [2.75, 3.05) is 11.9 Å². The van der Waals surface area contributed by atoms with Gasteiger partial charge in [-0.15, -0.1) is 0 Å². The quantitative estimate of drug-likeness (QED) is 0.827. The van der Waals surface area contributed by atoms with E-state index in [1.54, 1.807) is 12.1 Å². The third-order valence-electron chi connectivity index (χ3n) is 4.35. The van der Waals surface area contributed by atoms with Crippen LogP contribution in [0.15, 0.2) is 36.4 Å². The van der Waals surface area contributed by atoms with Gasteiger partial charge in [-0.05, 0) is 60.6 Å². The van der Waals surface area contributed by atoms with Gasteiger partial charge >= 0.3 is 5.97 Å². The van der Waals surface area contributed by atoms with E-state index < -0.39 is 5.97 Å². The first kappa shape index (κ1) is 17.5. The van der Waals surface area contributed by atoms with Crippen LogP contribution in [0.25, 0.3) is 0 Å². The monoisotopic (exact) mass is 357 g/mol. The minimum absolute atomic E-state index is 0.177. The van der Waals surface area contributed by atoms with Crippen LogP contribution in [-0.4, -0.2) is 18.5 Å². The summed E-state index contributed by atoms with van der Waals surface area (Å²) in [7, 11) is 0. The number of fused-ring (bicyclic) bond motifs is 1. The fourth-order valence-corrected chi connectivity index (χ4v) is 3.19. The zero-order valence-electron chi connectivity index (χ0n) is 14.1. The first-order valence-corrected chi connectivity index (χ1v) is 8.71. The lowest BCUT2D eigenvalue weighted by atomic mass is 10.0. The molecule has 3 rings (SSSR count). The Morgan fingerprint density at radius 2 is 1.92 bits per heavy atom. The van der Waals surface area contributed by atoms with Gasteiger partial charge in [0.25, 0.3) is 5.91 Å². The number of aryl methyl sites for hydroxylation is 3. The second kappa shape index (κ2) is 7.70. The largest absolute Gasteiger partial charge is 0.455 e. The molecule has 0 radical (unpaired) electrons. The van der Waals surface area contributed by atoms with E-state index in [0.29, 0.717) is 10.7 Å². The summed E-state index contributed by atoms with van der Waals surface area (Å²) >= 11 is 5.92. The van der Waals surface area contributed by atoms with Gasteiger partial charge in [-0.25, -0.2) is 0 Å². The minimum atomic E-state index is -0.407. The molecule has 0 unspecified atom stereocenters. The van der Waals surface area contributed by atoms with Crippen molar-refractivity contribution in [2.24, 2.45) is 0 Å². The fraction of sp³-hybridized carbons (Fsp3) is 0.300. The van der Waals surface area contributed by atoms with Crippen LogP contribution >= 0.6 is 11.6 Å². The summed E-state index contributed by atoms with van der Waals surface area (Å²) < 4.78 is 5.09. The lowest BCUT2D eigenvalue weighted by Gasteiger charge is -2.10.